The molecule has 2 aromatic carbocycles. The molecule has 2 aromatic rings. The minimum absolute atomic E-state index is 0.0558. The zero-order valence-electron chi connectivity index (χ0n) is 14.2. The zero-order chi connectivity index (χ0) is 18.5. The predicted octanol–water partition coefficient (Wildman–Crippen LogP) is 4.57. The number of nitrogens with zero attached hydrogens (tertiary/aromatic N) is 2. The van der Waals surface area contributed by atoms with E-state index in [1.807, 2.05) is 0 Å². The smallest absolute Gasteiger partial charge is 0.269 e. The number of nitro benzene ring substituents is 1. The molecule has 0 aromatic heterocycles. The van der Waals surface area contributed by atoms with Crippen molar-refractivity contribution in [1.82, 2.24) is 4.90 Å². The number of rotatable bonds is 7. The summed E-state index contributed by atoms with van der Waals surface area (Å²) in [6.45, 7) is 2.36. The SMILES string of the molecule is O=[N+]([O-])c1ccc(CN(Cc2cccc(Cl)c2F)CC2CCCO2)cc1. The van der Waals surface area contributed by atoms with Crippen LogP contribution in [0.3, 0.4) is 0 Å². The fourth-order valence-electron chi connectivity index (χ4n) is 3.15. The van der Waals surface area contributed by atoms with Gasteiger partial charge >= 0.3 is 0 Å². The van der Waals surface area contributed by atoms with E-state index in [0.717, 1.165) is 25.0 Å². The second kappa shape index (κ2) is 8.58. The van der Waals surface area contributed by atoms with Gasteiger partial charge in [0.15, 0.2) is 0 Å². The Morgan fingerprint density at radius 2 is 2.00 bits per heavy atom. The Kier molecular flexibility index (Phi) is 6.19. The molecule has 0 bridgehead atoms. The lowest BCUT2D eigenvalue weighted by Gasteiger charge is -2.25. The van der Waals surface area contributed by atoms with Gasteiger partial charge in [0.05, 0.1) is 16.0 Å². The molecule has 0 saturated carbocycles. The molecule has 1 aliphatic heterocycles. The maximum Gasteiger partial charge on any atom is 0.269 e. The van der Waals surface area contributed by atoms with Crippen LogP contribution in [-0.4, -0.2) is 29.1 Å². The van der Waals surface area contributed by atoms with Gasteiger partial charge in [0.1, 0.15) is 5.82 Å². The highest BCUT2D eigenvalue weighted by Crippen LogP contribution is 2.22. The highest BCUT2D eigenvalue weighted by atomic mass is 35.5. The van der Waals surface area contributed by atoms with E-state index in [-0.39, 0.29) is 16.8 Å². The van der Waals surface area contributed by atoms with Crippen molar-refractivity contribution in [3.8, 4) is 0 Å². The molecular formula is C19H20ClFN2O3. The van der Waals surface area contributed by atoms with Gasteiger partial charge in [-0.1, -0.05) is 35.9 Å². The van der Waals surface area contributed by atoms with Crippen LogP contribution in [-0.2, 0) is 17.8 Å². The molecule has 26 heavy (non-hydrogen) atoms. The van der Waals surface area contributed by atoms with E-state index in [1.165, 1.54) is 18.2 Å². The quantitative estimate of drug-likeness (QED) is 0.523. The van der Waals surface area contributed by atoms with Crippen LogP contribution in [0.25, 0.3) is 0 Å². The monoisotopic (exact) mass is 378 g/mol. The van der Waals surface area contributed by atoms with Gasteiger partial charge < -0.3 is 4.74 Å². The lowest BCUT2D eigenvalue weighted by atomic mass is 10.1. The lowest BCUT2D eigenvalue weighted by molar-refractivity contribution is -0.384. The van der Waals surface area contributed by atoms with Gasteiger partial charge in [-0.05, 0) is 24.5 Å². The molecule has 0 radical (unpaired) electrons. The summed E-state index contributed by atoms with van der Waals surface area (Å²) in [5, 5.41) is 10.9. The molecule has 0 spiro atoms. The van der Waals surface area contributed by atoms with Gasteiger partial charge in [-0.2, -0.15) is 0 Å². The summed E-state index contributed by atoms with van der Waals surface area (Å²) in [6.07, 6.45) is 2.13. The molecule has 138 valence electrons. The van der Waals surface area contributed by atoms with Crippen LogP contribution in [0, 0.1) is 15.9 Å². The van der Waals surface area contributed by atoms with Crippen molar-refractivity contribution in [2.45, 2.75) is 32.0 Å². The summed E-state index contributed by atoms with van der Waals surface area (Å²) in [5.74, 6) is -0.407. The first-order chi connectivity index (χ1) is 12.5. The molecule has 1 atom stereocenters. The highest BCUT2D eigenvalue weighted by molar-refractivity contribution is 6.30. The average molecular weight is 379 g/mol. The summed E-state index contributed by atoms with van der Waals surface area (Å²) >= 11 is 5.89. The maximum atomic E-state index is 14.3. The Bertz CT molecular complexity index is 764. The largest absolute Gasteiger partial charge is 0.377 e. The second-order valence-electron chi connectivity index (χ2n) is 6.44. The summed E-state index contributed by atoms with van der Waals surface area (Å²) in [7, 11) is 0. The Labute approximate surface area is 156 Å². The maximum absolute atomic E-state index is 14.3. The zero-order valence-corrected chi connectivity index (χ0v) is 15.0. The van der Waals surface area contributed by atoms with Crippen LogP contribution in [0.4, 0.5) is 10.1 Å². The summed E-state index contributed by atoms with van der Waals surface area (Å²) < 4.78 is 20.0. The topological polar surface area (TPSA) is 55.6 Å². The molecule has 0 aliphatic carbocycles. The second-order valence-corrected chi connectivity index (χ2v) is 6.85. The normalized spacial score (nSPS) is 17.0. The number of benzene rings is 2. The van der Waals surface area contributed by atoms with Crippen LogP contribution in [0.5, 0.6) is 0 Å². The van der Waals surface area contributed by atoms with Gasteiger partial charge in [-0.3, -0.25) is 15.0 Å². The lowest BCUT2D eigenvalue weighted by Crippen LogP contribution is -2.31. The van der Waals surface area contributed by atoms with E-state index >= 15 is 0 Å². The molecule has 1 heterocycles. The van der Waals surface area contributed by atoms with Gasteiger partial charge in [0.2, 0.25) is 0 Å². The number of non-ortho nitro benzene ring substituents is 1. The van der Waals surface area contributed by atoms with Gasteiger partial charge in [-0.25, -0.2) is 4.39 Å². The fourth-order valence-corrected chi connectivity index (χ4v) is 3.35. The number of halogens is 2. The Balaban J connectivity index is 1.75. The first-order valence-electron chi connectivity index (χ1n) is 8.53. The van der Waals surface area contributed by atoms with Crippen molar-refractivity contribution in [2.24, 2.45) is 0 Å². The van der Waals surface area contributed by atoms with E-state index < -0.39 is 10.7 Å². The van der Waals surface area contributed by atoms with Gasteiger partial charge in [0, 0.05) is 43.9 Å². The van der Waals surface area contributed by atoms with Crippen molar-refractivity contribution in [3.05, 3.63) is 74.5 Å². The number of hydrogen-bond donors (Lipinski definition) is 0. The van der Waals surface area contributed by atoms with E-state index in [9.17, 15) is 14.5 Å². The van der Waals surface area contributed by atoms with Crippen LogP contribution < -0.4 is 0 Å². The number of hydrogen-bond acceptors (Lipinski definition) is 4. The highest BCUT2D eigenvalue weighted by Gasteiger charge is 2.21. The van der Waals surface area contributed by atoms with Crippen LogP contribution in [0.1, 0.15) is 24.0 Å². The van der Waals surface area contributed by atoms with Crippen molar-refractivity contribution in [2.75, 3.05) is 13.2 Å². The third kappa shape index (κ3) is 4.78. The third-order valence-corrected chi connectivity index (χ3v) is 4.76. The molecule has 1 aliphatic rings. The molecule has 3 rings (SSSR count). The molecule has 7 heteroatoms. The Morgan fingerprint density at radius 3 is 2.65 bits per heavy atom. The van der Waals surface area contributed by atoms with E-state index in [4.69, 9.17) is 16.3 Å². The molecular weight excluding hydrogens is 359 g/mol. The Hall–Kier alpha value is -2.02. The van der Waals surface area contributed by atoms with Gasteiger partial charge in [-0.15, -0.1) is 0 Å². The van der Waals surface area contributed by atoms with E-state index in [0.29, 0.717) is 25.2 Å². The molecule has 0 amide bonds. The first-order valence-corrected chi connectivity index (χ1v) is 8.91. The Morgan fingerprint density at radius 1 is 1.23 bits per heavy atom. The molecule has 1 unspecified atom stereocenters. The molecule has 0 N–H and O–H groups in total. The van der Waals surface area contributed by atoms with E-state index in [1.54, 1.807) is 24.3 Å². The van der Waals surface area contributed by atoms with Crippen molar-refractivity contribution >= 4 is 17.3 Å². The molecule has 5 nitrogen and oxygen atoms in total. The van der Waals surface area contributed by atoms with Crippen LogP contribution in [0.15, 0.2) is 42.5 Å². The third-order valence-electron chi connectivity index (χ3n) is 4.46. The van der Waals surface area contributed by atoms with Crippen molar-refractivity contribution in [3.63, 3.8) is 0 Å². The minimum atomic E-state index is -0.421. The first kappa shape index (κ1) is 18.8. The van der Waals surface area contributed by atoms with Crippen molar-refractivity contribution < 1.29 is 14.1 Å². The molecule has 1 saturated heterocycles. The standard InChI is InChI=1S/C19H20ClFN2O3/c20-18-5-1-3-15(19(18)21)12-22(13-17-4-2-10-26-17)11-14-6-8-16(9-7-14)23(24)25/h1,3,5-9,17H,2,4,10-13H2. The summed E-state index contributed by atoms with van der Waals surface area (Å²) in [4.78, 5) is 12.5. The van der Waals surface area contributed by atoms with Crippen molar-refractivity contribution in [1.29, 1.82) is 0 Å². The molecule has 1 fully saturated rings. The fraction of sp³-hybridized carbons (Fsp3) is 0.368. The predicted molar refractivity (Wildman–Crippen MR) is 97.6 cm³/mol. The summed E-state index contributed by atoms with van der Waals surface area (Å²) in [6, 6.07) is 11.4. The summed E-state index contributed by atoms with van der Waals surface area (Å²) in [5.41, 5.74) is 1.51. The van der Waals surface area contributed by atoms with Crippen LogP contribution >= 0.6 is 11.6 Å². The average Bonchev–Trinajstić information content (AvgIpc) is 3.12. The number of ether oxygens (including phenoxy) is 1. The van der Waals surface area contributed by atoms with Gasteiger partial charge in [0.25, 0.3) is 5.69 Å². The number of nitro groups is 1. The minimum Gasteiger partial charge on any atom is -0.377 e. The van der Waals surface area contributed by atoms with E-state index in [2.05, 4.69) is 4.90 Å². The van der Waals surface area contributed by atoms with Crippen LogP contribution in [0.2, 0.25) is 5.02 Å².